The van der Waals surface area contributed by atoms with Crippen LogP contribution in [0, 0.1) is 18.3 Å². The highest BCUT2D eigenvalue weighted by molar-refractivity contribution is 6.05. The Morgan fingerprint density at radius 2 is 2.33 bits per heavy atom. The Hall–Kier alpha value is -2.81. The molecule has 0 saturated heterocycles. The summed E-state index contributed by atoms with van der Waals surface area (Å²) in [5.41, 5.74) is 1.56. The van der Waals surface area contributed by atoms with E-state index in [1.807, 2.05) is 6.07 Å². The molecule has 90 valence electrons. The van der Waals surface area contributed by atoms with E-state index in [9.17, 15) is 9.90 Å². The third kappa shape index (κ3) is 2.15. The molecule has 0 bridgehead atoms. The van der Waals surface area contributed by atoms with Gasteiger partial charge in [-0.25, -0.2) is 0 Å². The minimum atomic E-state index is -0.397. The van der Waals surface area contributed by atoms with Crippen molar-refractivity contribution in [2.75, 3.05) is 5.32 Å². The fourth-order valence-electron chi connectivity index (χ4n) is 1.47. The first-order valence-corrected chi connectivity index (χ1v) is 5.16. The average Bonchev–Trinajstić information content (AvgIpc) is 2.78. The topological polar surface area (TPSA) is 102 Å². The van der Waals surface area contributed by atoms with Gasteiger partial charge in [0.05, 0.1) is 29.1 Å². The predicted octanol–water partition coefficient (Wildman–Crippen LogP) is 1.55. The lowest BCUT2D eigenvalue weighted by molar-refractivity contribution is 0.102. The average molecular weight is 242 g/mol. The van der Waals surface area contributed by atoms with Crippen LogP contribution < -0.4 is 5.32 Å². The highest BCUT2D eigenvalue weighted by Crippen LogP contribution is 2.24. The summed E-state index contributed by atoms with van der Waals surface area (Å²) in [6.07, 6.45) is 1.40. The second-order valence-electron chi connectivity index (χ2n) is 3.71. The molecule has 6 heteroatoms. The molecular weight excluding hydrogens is 232 g/mol. The van der Waals surface area contributed by atoms with Crippen LogP contribution in [-0.4, -0.2) is 21.2 Å². The number of rotatable bonds is 2. The van der Waals surface area contributed by atoms with Crippen molar-refractivity contribution < 1.29 is 9.90 Å². The number of hydrogen-bond acceptors (Lipinski definition) is 4. The van der Waals surface area contributed by atoms with Crippen molar-refractivity contribution in [3.8, 4) is 11.8 Å². The van der Waals surface area contributed by atoms with Crippen LogP contribution >= 0.6 is 0 Å². The summed E-state index contributed by atoms with van der Waals surface area (Å²) < 4.78 is 0. The molecule has 0 aliphatic rings. The highest BCUT2D eigenvalue weighted by Gasteiger charge is 2.13. The Bertz CT molecular complexity index is 640. The van der Waals surface area contributed by atoms with Gasteiger partial charge < -0.3 is 10.4 Å². The van der Waals surface area contributed by atoms with Crippen LogP contribution in [0.15, 0.2) is 24.4 Å². The van der Waals surface area contributed by atoms with E-state index in [1.54, 1.807) is 6.92 Å². The number of aromatic amines is 1. The molecule has 0 aliphatic carbocycles. The number of nitrogens with zero attached hydrogens (tertiary/aromatic N) is 2. The minimum Gasteiger partial charge on any atom is -0.506 e. The Morgan fingerprint density at radius 1 is 1.56 bits per heavy atom. The molecule has 0 spiro atoms. The third-order valence-electron chi connectivity index (χ3n) is 2.45. The number of H-pyrrole nitrogens is 1. The maximum absolute atomic E-state index is 11.9. The summed E-state index contributed by atoms with van der Waals surface area (Å²) in [6.45, 7) is 1.72. The summed E-state index contributed by atoms with van der Waals surface area (Å²) in [4.78, 5) is 11.9. The molecule has 0 fully saturated rings. The summed E-state index contributed by atoms with van der Waals surface area (Å²) >= 11 is 0. The Labute approximate surface area is 103 Å². The molecule has 6 nitrogen and oxygen atoms in total. The number of nitrogens with one attached hydrogen (secondary N) is 2. The number of carbonyl (C=O) groups excluding carboxylic acids is 1. The smallest absolute Gasteiger partial charge is 0.259 e. The molecule has 0 unspecified atom stereocenters. The number of benzene rings is 1. The van der Waals surface area contributed by atoms with Crippen molar-refractivity contribution in [2.24, 2.45) is 0 Å². The van der Waals surface area contributed by atoms with Crippen molar-refractivity contribution in [3.05, 3.63) is 41.2 Å². The van der Waals surface area contributed by atoms with E-state index in [2.05, 4.69) is 15.5 Å². The van der Waals surface area contributed by atoms with Gasteiger partial charge in [-0.05, 0) is 25.1 Å². The number of aromatic hydroxyl groups is 1. The monoisotopic (exact) mass is 242 g/mol. The second-order valence-corrected chi connectivity index (χ2v) is 3.71. The maximum atomic E-state index is 11.9. The van der Waals surface area contributed by atoms with Crippen LogP contribution in [0.25, 0.3) is 0 Å². The lowest BCUT2D eigenvalue weighted by atomic mass is 10.2. The summed E-state index contributed by atoms with van der Waals surface area (Å²) in [6, 6.07) is 6.16. The first-order valence-electron chi connectivity index (χ1n) is 5.16. The van der Waals surface area contributed by atoms with Gasteiger partial charge in [0.2, 0.25) is 0 Å². The van der Waals surface area contributed by atoms with E-state index in [0.717, 1.165) is 0 Å². The number of anilines is 1. The molecule has 2 aromatic rings. The molecule has 1 heterocycles. The van der Waals surface area contributed by atoms with Crippen LogP contribution in [0.1, 0.15) is 21.6 Å². The third-order valence-corrected chi connectivity index (χ3v) is 2.45. The van der Waals surface area contributed by atoms with Gasteiger partial charge in [0, 0.05) is 5.69 Å². The molecule has 1 aromatic heterocycles. The van der Waals surface area contributed by atoms with Crippen molar-refractivity contribution in [3.63, 3.8) is 0 Å². The largest absolute Gasteiger partial charge is 0.506 e. The summed E-state index contributed by atoms with van der Waals surface area (Å²) in [5, 5.41) is 27.3. The van der Waals surface area contributed by atoms with Crippen molar-refractivity contribution in [1.29, 1.82) is 5.26 Å². The number of amides is 1. The lowest BCUT2D eigenvalue weighted by Crippen LogP contribution is -2.12. The fourth-order valence-corrected chi connectivity index (χ4v) is 1.47. The normalized spacial score (nSPS) is 9.78. The van der Waals surface area contributed by atoms with Gasteiger partial charge in [0.25, 0.3) is 5.91 Å². The van der Waals surface area contributed by atoms with Gasteiger partial charge >= 0.3 is 0 Å². The molecule has 3 N–H and O–H groups in total. The minimum absolute atomic E-state index is 0.0940. The van der Waals surface area contributed by atoms with Gasteiger partial charge in [0.15, 0.2) is 0 Å². The zero-order valence-corrected chi connectivity index (χ0v) is 9.56. The van der Waals surface area contributed by atoms with Crippen molar-refractivity contribution in [1.82, 2.24) is 10.2 Å². The Balaban J connectivity index is 2.27. The number of nitriles is 1. The SMILES string of the molecule is Cc1[nH]ncc1C(=O)Nc1cc(C#N)ccc1O. The molecule has 2 rings (SSSR count). The van der Waals surface area contributed by atoms with Crippen molar-refractivity contribution >= 4 is 11.6 Å². The van der Waals surface area contributed by atoms with Gasteiger partial charge in [-0.15, -0.1) is 0 Å². The number of aryl methyl sites for hydroxylation is 1. The molecule has 0 aliphatic heterocycles. The Morgan fingerprint density at radius 3 is 2.94 bits per heavy atom. The first-order chi connectivity index (χ1) is 8.61. The van der Waals surface area contributed by atoms with E-state index < -0.39 is 5.91 Å². The molecular formula is C12H10N4O2. The van der Waals surface area contributed by atoms with Crippen molar-refractivity contribution in [2.45, 2.75) is 6.92 Å². The van der Waals surface area contributed by atoms with Crippen LogP contribution in [0.4, 0.5) is 5.69 Å². The van der Waals surface area contributed by atoms with Gasteiger partial charge in [-0.1, -0.05) is 0 Å². The van der Waals surface area contributed by atoms with Crippen LogP contribution in [0.2, 0.25) is 0 Å². The lowest BCUT2D eigenvalue weighted by Gasteiger charge is -2.06. The number of aromatic nitrogens is 2. The number of phenolic OH excluding ortho intramolecular Hbond substituents is 1. The molecule has 1 aromatic carbocycles. The van der Waals surface area contributed by atoms with Crippen LogP contribution in [0.3, 0.4) is 0 Å². The van der Waals surface area contributed by atoms with E-state index in [1.165, 1.54) is 24.4 Å². The first kappa shape index (κ1) is 11.7. The number of hydrogen-bond donors (Lipinski definition) is 3. The van der Waals surface area contributed by atoms with Crippen LogP contribution in [-0.2, 0) is 0 Å². The second kappa shape index (κ2) is 4.59. The van der Waals surface area contributed by atoms with Crippen LogP contribution in [0.5, 0.6) is 5.75 Å². The van der Waals surface area contributed by atoms with Gasteiger partial charge in [0.1, 0.15) is 5.75 Å². The maximum Gasteiger partial charge on any atom is 0.259 e. The quantitative estimate of drug-likeness (QED) is 0.695. The number of phenols is 1. The summed E-state index contributed by atoms with van der Waals surface area (Å²) in [7, 11) is 0. The Kier molecular flexibility index (Phi) is 2.98. The highest BCUT2D eigenvalue weighted by atomic mass is 16.3. The van der Waals surface area contributed by atoms with Gasteiger partial charge in [-0.3, -0.25) is 9.89 Å². The molecule has 0 radical (unpaired) electrons. The molecule has 0 atom stereocenters. The fraction of sp³-hybridized carbons (Fsp3) is 0.0833. The van der Waals surface area contributed by atoms with E-state index in [4.69, 9.17) is 5.26 Å². The van der Waals surface area contributed by atoms with E-state index >= 15 is 0 Å². The number of carbonyl (C=O) groups is 1. The summed E-state index contributed by atoms with van der Waals surface area (Å²) in [5.74, 6) is -0.491. The zero-order valence-electron chi connectivity index (χ0n) is 9.56. The standard InChI is InChI=1S/C12H10N4O2/c1-7-9(6-14-16-7)12(18)15-10-4-8(5-13)2-3-11(10)17/h2-4,6,17H,1H3,(H,14,16)(H,15,18). The molecule has 1 amide bonds. The van der Waals surface area contributed by atoms with E-state index in [-0.39, 0.29) is 11.4 Å². The zero-order chi connectivity index (χ0) is 13.1. The molecule has 0 saturated carbocycles. The molecule has 18 heavy (non-hydrogen) atoms. The van der Waals surface area contributed by atoms with E-state index in [0.29, 0.717) is 16.8 Å². The predicted molar refractivity (Wildman–Crippen MR) is 64.1 cm³/mol. The van der Waals surface area contributed by atoms with Gasteiger partial charge in [-0.2, -0.15) is 10.4 Å².